The third-order valence-electron chi connectivity index (χ3n) is 5.08. The van der Waals surface area contributed by atoms with Crippen molar-refractivity contribution >= 4 is 39.6 Å². The van der Waals surface area contributed by atoms with Crippen LogP contribution in [-0.2, 0) is 14.3 Å². The lowest BCUT2D eigenvalue weighted by Crippen LogP contribution is -2.48. The molecule has 28 heavy (non-hydrogen) atoms. The number of halogens is 1. The van der Waals surface area contributed by atoms with E-state index in [0.717, 1.165) is 24.2 Å². The Morgan fingerprint density at radius 1 is 1.21 bits per heavy atom. The summed E-state index contributed by atoms with van der Waals surface area (Å²) in [5.41, 5.74) is -0.544. The quantitative estimate of drug-likeness (QED) is 0.404. The van der Waals surface area contributed by atoms with E-state index >= 15 is 0 Å². The number of imide groups is 1. The van der Waals surface area contributed by atoms with E-state index in [1.54, 1.807) is 18.2 Å². The maximum atomic E-state index is 12.6. The Hall–Kier alpha value is -2.42. The Morgan fingerprint density at radius 2 is 1.93 bits per heavy atom. The fraction of sp³-hybridized carbons (Fsp3) is 0.474. The molecule has 1 spiro atoms. The van der Waals surface area contributed by atoms with E-state index in [4.69, 9.17) is 9.47 Å². The minimum atomic E-state index is -0.888. The van der Waals surface area contributed by atoms with Crippen molar-refractivity contribution in [2.75, 3.05) is 20.3 Å². The summed E-state index contributed by atoms with van der Waals surface area (Å²) in [4.78, 5) is 50.0. The topological polar surface area (TPSA) is 102 Å². The van der Waals surface area contributed by atoms with Crippen molar-refractivity contribution in [3.8, 4) is 5.75 Å². The molecule has 0 bridgehead atoms. The van der Waals surface area contributed by atoms with Crippen LogP contribution in [0.5, 0.6) is 5.75 Å². The Morgan fingerprint density at radius 3 is 2.57 bits per heavy atom. The predicted octanol–water partition coefficient (Wildman–Crippen LogP) is 2.44. The number of esters is 1. The van der Waals surface area contributed by atoms with Gasteiger partial charge < -0.3 is 14.8 Å². The van der Waals surface area contributed by atoms with Gasteiger partial charge in [-0.2, -0.15) is 0 Å². The summed E-state index contributed by atoms with van der Waals surface area (Å²) in [7, 11) is 1.51. The van der Waals surface area contributed by atoms with E-state index in [-0.39, 0.29) is 5.91 Å². The van der Waals surface area contributed by atoms with Gasteiger partial charge in [0.1, 0.15) is 17.8 Å². The number of rotatable bonds is 6. The maximum Gasteiger partial charge on any atom is 0.326 e. The van der Waals surface area contributed by atoms with Gasteiger partial charge in [0.2, 0.25) is 0 Å². The van der Waals surface area contributed by atoms with Gasteiger partial charge in [-0.25, -0.2) is 4.79 Å². The molecule has 1 N–H and O–H groups in total. The third kappa shape index (κ3) is 4.04. The van der Waals surface area contributed by atoms with Crippen molar-refractivity contribution < 1.29 is 28.7 Å². The molecule has 1 aliphatic heterocycles. The molecule has 8 nitrogen and oxygen atoms in total. The number of ether oxygens (including phenoxy) is 2. The molecule has 0 unspecified atom stereocenters. The van der Waals surface area contributed by atoms with Gasteiger partial charge in [0.15, 0.2) is 12.4 Å². The van der Waals surface area contributed by atoms with E-state index in [1.807, 2.05) is 0 Å². The van der Waals surface area contributed by atoms with Crippen molar-refractivity contribution in [3.63, 3.8) is 0 Å². The Bertz CT molecular complexity index is 819. The average Bonchev–Trinajstić information content (AvgIpc) is 2.90. The summed E-state index contributed by atoms with van der Waals surface area (Å²) in [5, 5.41) is 2.73. The molecule has 3 rings (SSSR count). The van der Waals surface area contributed by atoms with E-state index in [2.05, 4.69) is 21.2 Å². The number of benzene rings is 1. The number of nitrogens with one attached hydrogen (secondary N) is 1. The zero-order valence-electron chi connectivity index (χ0n) is 15.5. The number of hydrogen-bond donors (Lipinski definition) is 1. The minimum absolute atomic E-state index is 0.344. The first kappa shape index (κ1) is 20.3. The third-order valence-corrected chi connectivity index (χ3v) is 5.70. The second-order valence-electron chi connectivity index (χ2n) is 6.90. The lowest BCUT2D eigenvalue weighted by molar-refractivity contribution is -0.147. The molecule has 1 heterocycles. The first-order valence-corrected chi connectivity index (χ1v) is 9.82. The maximum absolute atomic E-state index is 12.6. The first-order valence-electron chi connectivity index (χ1n) is 9.03. The van der Waals surface area contributed by atoms with Crippen molar-refractivity contribution in [2.45, 2.75) is 37.6 Å². The molecule has 1 aromatic carbocycles. The van der Waals surface area contributed by atoms with Gasteiger partial charge >= 0.3 is 12.0 Å². The average molecular weight is 453 g/mol. The highest BCUT2D eigenvalue weighted by atomic mass is 79.9. The SMILES string of the molecule is COc1ccc(C(=O)COC(=O)CN2C(=O)NC3(CCCCC3)C2=O)cc1Br. The van der Waals surface area contributed by atoms with Crippen LogP contribution in [-0.4, -0.2) is 54.4 Å². The van der Waals surface area contributed by atoms with E-state index in [9.17, 15) is 19.2 Å². The van der Waals surface area contributed by atoms with Crippen molar-refractivity contribution in [1.29, 1.82) is 0 Å². The summed E-state index contributed by atoms with van der Waals surface area (Å²) in [6.07, 6.45) is 3.89. The fourth-order valence-electron chi connectivity index (χ4n) is 3.56. The largest absolute Gasteiger partial charge is 0.496 e. The summed E-state index contributed by atoms with van der Waals surface area (Å²) in [5.74, 6) is -1.03. The summed E-state index contributed by atoms with van der Waals surface area (Å²) in [6.45, 7) is -0.988. The van der Waals surface area contributed by atoms with Gasteiger partial charge in [-0.1, -0.05) is 19.3 Å². The number of carbonyl (C=O) groups is 4. The van der Waals surface area contributed by atoms with Gasteiger partial charge in [0.05, 0.1) is 11.6 Å². The van der Waals surface area contributed by atoms with E-state index in [0.29, 0.717) is 28.6 Å². The molecule has 9 heteroatoms. The smallest absolute Gasteiger partial charge is 0.326 e. The number of ketones is 1. The molecule has 1 saturated carbocycles. The zero-order valence-corrected chi connectivity index (χ0v) is 17.0. The van der Waals surface area contributed by atoms with Crippen LogP contribution in [0.2, 0.25) is 0 Å². The van der Waals surface area contributed by atoms with Crippen LogP contribution in [0.25, 0.3) is 0 Å². The fourth-order valence-corrected chi connectivity index (χ4v) is 4.10. The van der Waals surface area contributed by atoms with Crippen molar-refractivity contribution in [2.24, 2.45) is 0 Å². The van der Waals surface area contributed by atoms with Crippen molar-refractivity contribution in [1.82, 2.24) is 10.2 Å². The van der Waals surface area contributed by atoms with E-state index < -0.39 is 36.5 Å². The molecule has 2 fully saturated rings. The molecular formula is C19H21BrN2O6. The van der Waals surface area contributed by atoms with Crippen LogP contribution >= 0.6 is 15.9 Å². The molecule has 1 aliphatic carbocycles. The standard InChI is InChI=1S/C19H21BrN2O6/c1-27-15-6-5-12(9-13(15)20)14(23)11-28-16(24)10-22-17(25)19(21-18(22)26)7-3-2-4-8-19/h5-6,9H,2-4,7-8,10-11H2,1H3,(H,21,26). The monoisotopic (exact) mass is 452 g/mol. The van der Waals surface area contributed by atoms with Gasteiger partial charge in [-0.15, -0.1) is 0 Å². The second-order valence-corrected chi connectivity index (χ2v) is 7.75. The van der Waals surface area contributed by atoms with Gasteiger partial charge in [0.25, 0.3) is 5.91 Å². The Kier molecular flexibility index (Phi) is 6.02. The molecule has 150 valence electrons. The van der Waals surface area contributed by atoms with Gasteiger partial charge in [-0.05, 0) is 47.0 Å². The van der Waals surface area contributed by atoms with Crippen LogP contribution < -0.4 is 10.1 Å². The van der Waals surface area contributed by atoms with Crippen LogP contribution in [0.1, 0.15) is 42.5 Å². The van der Waals surface area contributed by atoms with Crippen LogP contribution in [0.4, 0.5) is 4.79 Å². The molecule has 3 amide bonds. The molecule has 1 aromatic rings. The van der Waals surface area contributed by atoms with Gasteiger partial charge in [0, 0.05) is 5.56 Å². The molecule has 2 aliphatic rings. The highest BCUT2D eigenvalue weighted by molar-refractivity contribution is 9.10. The lowest BCUT2D eigenvalue weighted by atomic mass is 9.82. The Balaban J connectivity index is 1.55. The molecule has 0 aromatic heterocycles. The van der Waals surface area contributed by atoms with E-state index in [1.165, 1.54) is 7.11 Å². The number of carbonyl (C=O) groups excluding carboxylic acids is 4. The predicted molar refractivity (Wildman–Crippen MR) is 102 cm³/mol. The molecule has 0 atom stereocenters. The van der Waals surface area contributed by atoms with Crippen LogP contribution in [0, 0.1) is 0 Å². The first-order chi connectivity index (χ1) is 13.4. The highest BCUT2D eigenvalue weighted by Crippen LogP contribution is 2.33. The summed E-state index contributed by atoms with van der Waals surface area (Å²) in [6, 6.07) is 4.16. The summed E-state index contributed by atoms with van der Waals surface area (Å²) >= 11 is 3.29. The molecule has 0 radical (unpaired) electrons. The normalized spacial score (nSPS) is 18.1. The van der Waals surface area contributed by atoms with Gasteiger partial charge in [-0.3, -0.25) is 19.3 Å². The minimum Gasteiger partial charge on any atom is -0.496 e. The number of methoxy groups -OCH3 is 1. The Labute approximate surface area is 170 Å². The highest BCUT2D eigenvalue weighted by Gasteiger charge is 2.51. The lowest BCUT2D eigenvalue weighted by Gasteiger charge is -2.30. The number of amides is 3. The molecule has 1 saturated heterocycles. The number of Topliss-reactive ketones (excluding diaryl/α,β-unsaturated/α-hetero) is 1. The number of urea groups is 1. The zero-order chi connectivity index (χ0) is 20.3. The van der Waals surface area contributed by atoms with Crippen molar-refractivity contribution in [3.05, 3.63) is 28.2 Å². The summed E-state index contributed by atoms with van der Waals surface area (Å²) < 4.78 is 10.7. The second kappa shape index (κ2) is 8.30. The number of hydrogen-bond acceptors (Lipinski definition) is 6. The molecular weight excluding hydrogens is 432 g/mol. The number of nitrogens with zero attached hydrogens (tertiary/aromatic N) is 1. The van der Waals surface area contributed by atoms with Crippen LogP contribution in [0.15, 0.2) is 22.7 Å². The van der Waals surface area contributed by atoms with Crippen LogP contribution in [0.3, 0.4) is 0 Å².